The molecule has 2 bridgehead atoms. The van der Waals surface area contributed by atoms with Crippen molar-refractivity contribution >= 4 is 13.9 Å². The molecule has 6 nitrogen and oxygen atoms in total. The summed E-state index contributed by atoms with van der Waals surface area (Å²) in [6, 6.07) is -0.187. The number of ketones is 1. The van der Waals surface area contributed by atoms with Crippen molar-refractivity contribution in [3.05, 3.63) is 34.8 Å². The Morgan fingerprint density at radius 2 is 1.97 bits per heavy atom. The first kappa shape index (κ1) is 22.9. The molecule has 1 saturated carbocycles. The number of fused-ring (bicyclic) bond motifs is 7. The number of allylic oxidation sites excluding steroid dienone is 3. The molecule has 1 aromatic heterocycles. The zero-order valence-corrected chi connectivity index (χ0v) is 22.0. The van der Waals surface area contributed by atoms with Gasteiger partial charge in [-0.2, -0.15) is 0 Å². The van der Waals surface area contributed by atoms with Gasteiger partial charge in [0, 0.05) is 25.0 Å². The highest BCUT2D eigenvalue weighted by molar-refractivity contribution is 6.77. The molecule has 0 amide bonds. The van der Waals surface area contributed by atoms with E-state index in [1.54, 1.807) is 0 Å². The minimum Gasteiger partial charge on any atom is -0.512 e. The lowest BCUT2D eigenvalue weighted by atomic mass is 9.56. The highest BCUT2D eigenvalue weighted by Crippen LogP contribution is 2.69. The van der Waals surface area contributed by atoms with Gasteiger partial charge in [0.1, 0.15) is 11.3 Å². The lowest BCUT2D eigenvalue weighted by Crippen LogP contribution is -2.49. The predicted molar refractivity (Wildman–Crippen MR) is 130 cm³/mol. The number of unbranched alkanes of at least 4 members (excludes halogenated alkanes) is 1. The number of aromatic nitrogens is 1. The largest absolute Gasteiger partial charge is 0.512 e. The highest BCUT2D eigenvalue weighted by Gasteiger charge is 2.65. The Morgan fingerprint density at radius 1 is 1.27 bits per heavy atom. The van der Waals surface area contributed by atoms with E-state index in [4.69, 9.17) is 9.26 Å². The summed E-state index contributed by atoms with van der Waals surface area (Å²) in [5, 5.41) is 16.0. The van der Waals surface area contributed by atoms with E-state index in [1.165, 1.54) is 0 Å². The van der Waals surface area contributed by atoms with Gasteiger partial charge >= 0.3 is 0 Å². The van der Waals surface area contributed by atoms with Gasteiger partial charge in [-0.1, -0.05) is 52.1 Å². The van der Waals surface area contributed by atoms with Crippen LogP contribution >= 0.6 is 0 Å². The molecule has 4 aliphatic rings. The summed E-state index contributed by atoms with van der Waals surface area (Å²) >= 11 is 0. The van der Waals surface area contributed by atoms with E-state index in [-0.39, 0.29) is 23.6 Å². The van der Waals surface area contributed by atoms with Crippen LogP contribution in [-0.2, 0) is 0 Å². The molecule has 5 rings (SSSR count). The van der Waals surface area contributed by atoms with Crippen LogP contribution in [0.2, 0.25) is 25.2 Å². The molecule has 4 aliphatic carbocycles. The first-order valence-corrected chi connectivity index (χ1v) is 16.1. The number of carbonyl (C=O) groups excluding carboxylic acids is 1. The number of rotatable bonds is 6. The molecular formula is C26H38N2O4Si. The fraction of sp³-hybridized carbons (Fsp3) is 0.692. The SMILES string of the molecule is CCCCOc1noc2c1C(=O)C1=C(O)[C@H]3[C@@H](C[C@@]1(C)[C@H]2N(C)C)[C@H]1C=C[C@@H]3C1[Si](C)(C)C. The molecule has 0 saturated heterocycles. The average molecular weight is 471 g/mol. The summed E-state index contributed by atoms with van der Waals surface area (Å²) in [5.41, 5.74) is 1.04. The third-order valence-corrected chi connectivity index (χ3v) is 11.6. The number of hydrogen-bond acceptors (Lipinski definition) is 6. The van der Waals surface area contributed by atoms with E-state index in [0.29, 0.717) is 52.6 Å². The molecule has 1 fully saturated rings. The standard InChI is InChI=1S/C26H38N2O4Si/c1-8-9-12-31-25-18-21(30)19-20(29)17-15-11-10-14(23(15)33(5,6)7)16(17)13-26(19,2)24(28(3)4)22(18)32-27-25/h10-11,14-17,23-24,29H,8-9,12-13H2,1-7H3/t14-,15+,16+,17-,23?,24+,26-/m1/s1. The topological polar surface area (TPSA) is 75.8 Å². The van der Waals surface area contributed by atoms with Crippen molar-refractivity contribution in [2.45, 2.75) is 64.3 Å². The van der Waals surface area contributed by atoms with E-state index in [9.17, 15) is 9.90 Å². The molecule has 7 heteroatoms. The van der Waals surface area contributed by atoms with Crippen LogP contribution in [0.15, 0.2) is 28.0 Å². The lowest BCUT2D eigenvalue weighted by Gasteiger charge is -2.50. The fourth-order valence-corrected chi connectivity index (χ4v) is 10.8. The number of aliphatic hydroxyl groups excluding tert-OH is 1. The van der Waals surface area contributed by atoms with Crippen molar-refractivity contribution < 1.29 is 19.2 Å². The number of nitrogens with zero attached hydrogens (tertiary/aromatic N) is 2. The second-order valence-corrected chi connectivity index (χ2v) is 17.5. The second kappa shape index (κ2) is 7.57. The maximum Gasteiger partial charge on any atom is 0.265 e. The molecular weight excluding hydrogens is 432 g/mol. The average Bonchev–Trinajstić information content (AvgIpc) is 3.39. The Hall–Kier alpha value is -1.86. The minimum atomic E-state index is -1.45. The van der Waals surface area contributed by atoms with E-state index in [2.05, 4.69) is 55.7 Å². The first-order chi connectivity index (χ1) is 15.5. The summed E-state index contributed by atoms with van der Waals surface area (Å²) in [6.07, 6.45) is 7.48. The van der Waals surface area contributed by atoms with Gasteiger partial charge in [-0.25, -0.2) is 0 Å². The molecule has 7 atom stereocenters. The van der Waals surface area contributed by atoms with Crippen molar-refractivity contribution in [3.8, 4) is 5.88 Å². The lowest BCUT2D eigenvalue weighted by molar-refractivity contribution is 0.0422. The molecule has 0 radical (unpaired) electrons. The number of aliphatic hydroxyl groups is 1. The van der Waals surface area contributed by atoms with Crippen LogP contribution in [-0.4, -0.2) is 49.7 Å². The van der Waals surface area contributed by atoms with Crippen LogP contribution in [0.1, 0.15) is 55.3 Å². The van der Waals surface area contributed by atoms with Crippen LogP contribution < -0.4 is 4.74 Å². The van der Waals surface area contributed by atoms with E-state index in [1.807, 2.05) is 14.1 Å². The van der Waals surface area contributed by atoms with Crippen LogP contribution in [0.5, 0.6) is 5.88 Å². The summed E-state index contributed by atoms with van der Waals surface area (Å²) in [6.45, 7) is 12.0. The third kappa shape index (κ3) is 3.07. The summed E-state index contributed by atoms with van der Waals surface area (Å²) in [4.78, 5) is 16.1. The Kier molecular flexibility index (Phi) is 5.25. The maximum absolute atomic E-state index is 14.0. The highest BCUT2D eigenvalue weighted by atomic mass is 28.3. The number of Topliss-reactive ketones (excluding diaryl/α,β-unsaturated/α-hetero) is 1. The first-order valence-electron chi connectivity index (χ1n) is 12.5. The van der Waals surface area contributed by atoms with Crippen LogP contribution in [0.4, 0.5) is 0 Å². The quantitative estimate of drug-likeness (QED) is 0.330. The van der Waals surface area contributed by atoms with Crippen molar-refractivity contribution in [3.63, 3.8) is 0 Å². The summed E-state index contributed by atoms with van der Waals surface area (Å²) < 4.78 is 11.7. The van der Waals surface area contributed by atoms with Crippen molar-refractivity contribution in [2.75, 3.05) is 20.7 Å². The fourth-order valence-electron chi connectivity index (χ4n) is 7.82. The molecule has 0 aromatic carbocycles. The third-order valence-electron chi connectivity index (χ3n) is 8.80. The molecule has 1 aromatic rings. The molecule has 1 heterocycles. The van der Waals surface area contributed by atoms with Gasteiger partial charge in [-0.15, -0.1) is 0 Å². The molecule has 1 unspecified atom stereocenters. The molecule has 33 heavy (non-hydrogen) atoms. The van der Waals surface area contributed by atoms with Gasteiger partial charge in [0.25, 0.3) is 5.88 Å². The van der Waals surface area contributed by atoms with Gasteiger partial charge in [0.05, 0.1) is 12.6 Å². The second-order valence-electron chi connectivity index (χ2n) is 12.1. The summed E-state index contributed by atoms with van der Waals surface area (Å²) in [7, 11) is 2.58. The Balaban J connectivity index is 1.64. The van der Waals surface area contributed by atoms with Crippen molar-refractivity contribution in [2.24, 2.45) is 29.1 Å². The van der Waals surface area contributed by atoms with Crippen molar-refractivity contribution in [1.82, 2.24) is 10.1 Å². The van der Waals surface area contributed by atoms with Crippen LogP contribution in [0.3, 0.4) is 0 Å². The van der Waals surface area contributed by atoms with E-state index >= 15 is 0 Å². The van der Waals surface area contributed by atoms with Crippen molar-refractivity contribution in [1.29, 1.82) is 0 Å². The van der Waals surface area contributed by atoms with E-state index in [0.717, 1.165) is 19.3 Å². The zero-order chi connectivity index (χ0) is 23.9. The maximum atomic E-state index is 14.0. The predicted octanol–water partition coefficient (Wildman–Crippen LogP) is 5.63. The van der Waals surface area contributed by atoms with Gasteiger partial charge in [0.15, 0.2) is 5.76 Å². The van der Waals surface area contributed by atoms with Gasteiger partial charge in [-0.05, 0) is 55.4 Å². The van der Waals surface area contributed by atoms with Gasteiger partial charge < -0.3 is 14.4 Å². The molecule has 0 spiro atoms. The monoisotopic (exact) mass is 470 g/mol. The number of ether oxygens (including phenoxy) is 1. The number of carbonyl (C=O) groups is 1. The normalized spacial score (nSPS) is 36.9. The smallest absolute Gasteiger partial charge is 0.265 e. The van der Waals surface area contributed by atoms with Gasteiger partial charge in [0.2, 0.25) is 5.78 Å². The zero-order valence-electron chi connectivity index (χ0n) is 21.0. The Bertz CT molecular complexity index is 1040. The number of hydrogen-bond donors (Lipinski definition) is 1. The van der Waals surface area contributed by atoms with E-state index < -0.39 is 13.5 Å². The van der Waals surface area contributed by atoms with Gasteiger partial charge in [-0.3, -0.25) is 9.69 Å². The molecule has 1 N–H and O–H groups in total. The van der Waals surface area contributed by atoms with Crippen LogP contribution in [0.25, 0.3) is 0 Å². The van der Waals surface area contributed by atoms with Crippen LogP contribution in [0, 0.1) is 29.1 Å². The Morgan fingerprint density at radius 3 is 2.61 bits per heavy atom. The summed E-state index contributed by atoms with van der Waals surface area (Å²) in [5.74, 6) is 2.21. The minimum absolute atomic E-state index is 0.0393. The molecule has 0 aliphatic heterocycles. The Labute approximate surface area is 198 Å². The molecule has 180 valence electrons.